The van der Waals surface area contributed by atoms with Crippen molar-refractivity contribution in [2.45, 2.75) is 12.5 Å². The number of carbonyl (C=O) groups excluding carboxylic acids is 1. The van der Waals surface area contributed by atoms with Gasteiger partial charge in [-0.05, 0) is 19.5 Å². The highest BCUT2D eigenvalue weighted by atomic mass is 16.5. The van der Waals surface area contributed by atoms with Crippen molar-refractivity contribution in [3.8, 4) is 11.9 Å². The molecule has 0 aliphatic carbocycles. The van der Waals surface area contributed by atoms with Crippen LogP contribution >= 0.6 is 0 Å². The summed E-state index contributed by atoms with van der Waals surface area (Å²) in [5.41, 5.74) is 0.437. The molecule has 0 saturated carbocycles. The Labute approximate surface area is 155 Å². The Morgan fingerprint density at radius 3 is 3.15 bits per heavy atom. The van der Waals surface area contributed by atoms with Gasteiger partial charge in [-0.25, -0.2) is 0 Å². The number of ether oxygens (including phenoxy) is 1. The fraction of sp³-hybridized carbons (Fsp3) is 0.353. The number of aromatic nitrogens is 3. The number of hydrogen-bond acceptors (Lipinski definition) is 9. The van der Waals surface area contributed by atoms with E-state index in [9.17, 15) is 9.90 Å². The summed E-state index contributed by atoms with van der Waals surface area (Å²) in [6, 6.07) is 1.59. The molecule has 2 aromatic rings. The third kappa shape index (κ3) is 4.47. The zero-order chi connectivity index (χ0) is 19.2. The Balaban J connectivity index is 1.64. The first-order chi connectivity index (χ1) is 13.1. The number of likely N-dealkylation sites (N-methyl/N-ethyl adjacent to an activating group) is 1. The topological polar surface area (TPSA) is 136 Å². The third-order valence-electron chi connectivity index (χ3n) is 4.14. The minimum absolute atomic E-state index is 0.0583. The average Bonchev–Trinajstić information content (AvgIpc) is 3.14. The molecule has 0 aromatic carbocycles. The van der Waals surface area contributed by atoms with Gasteiger partial charge in [-0.2, -0.15) is 9.97 Å². The van der Waals surface area contributed by atoms with Crippen LogP contribution in [-0.4, -0.2) is 69.8 Å². The lowest BCUT2D eigenvalue weighted by Crippen LogP contribution is -2.37. The number of nitrogens with one attached hydrogen (secondary N) is 3. The molecule has 142 valence electrons. The van der Waals surface area contributed by atoms with Gasteiger partial charge in [-0.3, -0.25) is 9.78 Å². The molecule has 1 fully saturated rings. The maximum atomic E-state index is 11.9. The van der Waals surface area contributed by atoms with E-state index in [0.717, 1.165) is 12.6 Å². The van der Waals surface area contributed by atoms with Crippen LogP contribution < -0.4 is 15.4 Å². The van der Waals surface area contributed by atoms with Crippen LogP contribution in [0.4, 0.5) is 0 Å². The molecule has 0 spiro atoms. The van der Waals surface area contributed by atoms with E-state index in [1.165, 1.54) is 18.6 Å². The SMILES string of the molecule is CNCC(=O)N1CC[C@H](N/C=C(\C=N)Oc2nc(O)c3ccncc3n2)C1. The van der Waals surface area contributed by atoms with E-state index in [4.69, 9.17) is 10.1 Å². The van der Waals surface area contributed by atoms with E-state index >= 15 is 0 Å². The van der Waals surface area contributed by atoms with E-state index in [2.05, 4.69) is 25.6 Å². The highest BCUT2D eigenvalue weighted by molar-refractivity contribution is 5.82. The number of fused-ring (bicyclic) bond motifs is 1. The maximum absolute atomic E-state index is 11.9. The van der Waals surface area contributed by atoms with Gasteiger partial charge in [0.25, 0.3) is 0 Å². The summed E-state index contributed by atoms with van der Waals surface area (Å²) >= 11 is 0. The zero-order valence-corrected chi connectivity index (χ0v) is 14.8. The van der Waals surface area contributed by atoms with Crippen molar-refractivity contribution in [3.63, 3.8) is 0 Å². The molecule has 3 heterocycles. The van der Waals surface area contributed by atoms with Crippen LogP contribution in [0.1, 0.15) is 6.42 Å². The predicted molar refractivity (Wildman–Crippen MR) is 98.5 cm³/mol. The summed E-state index contributed by atoms with van der Waals surface area (Å²) in [6.45, 7) is 1.58. The van der Waals surface area contributed by atoms with Crippen molar-refractivity contribution in [1.29, 1.82) is 5.41 Å². The van der Waals surface area contributed by atoms with Gasteiger partial charge in [0, 0.05) is 31.5 Å². The van der Waals surface area contributed by atoms with Crippen molar-refractivity contribution >= 4 is 23.0 Å². The van der Waals surface area contributed by atoms with Crippen LogP contribution in [0.15, 0.2) is 30.4 Å². The van der Waals surface area contributed by atoms with Gasteiger partial charge in [-0.15, -0.1) is 0 Å². The molecule has 1 aliphatic rings. The predicted octanol–water partition coefficient (Wildman–Crippen LogP) is 0.0101. The molecule has 0 radical (unpaired) electrons. The second-order valence-corrected chi connectivity index (χ2v) is 6.04. The van der Waals surface area contributed by atoms with E-state index < -0.39 is 0 Å². The molecule has 1 aliphatic heterocycles. The molecule has 0 bridgehead atoms. The van der Waals surface area contributed by atoms with Gasteiger partial charge in [0.05, 0.1) is 29.9 Å². The molecular weight excluding hydrogens is 350 g/mol. The number of hydrogen-bond donors (Lipinski definition) is 4. The second-order valence-electron chi connectivity index (χ2n) is 6.04. The first-order valence-corrected chi connectivity index (χ1v) is 8.48. The maximum Gasteiger partial charge on any atom is 0.326 e. The smallest absolute Gasteiger partial charge is 0.326 e. The van der Waals surface area contributed by atoms with Crippen molar-refractivity contribution in [1.82, 2.24) is 30.5 Å². The molecule has 0 unspecified atom stereocenters. The van der Waals surface area contributed by atoms with E-state index in [1.807, 2.05) is 0 Å². The zero-order valence-electron chi connectivity index (χ0n) is 14.8. The Hall–Kier alpha value is -3.27. The molecule has 10 nitrogen and oxygen atoms in total. The van der Waals surface area contributed by atoms with Crippen LogP contribution in [0.5, 0.6) is 11.9 Å². The van der Waals surface area contributed by atoms with E-state index in [-0.39, 0.29) is 29.6 Å². The number of amides is 1. The summed E-state index contributed by atoms with van der Waals surface area (Å²) in [4.78, 5) is 25.7. The molecule has 10 heteroatoms. The standard InChI is InChI=1S/C17H21N7O3/c1-19-9-15(25)24-5-3-11(10-24)21-7-12(6-18)27-17-22-14-8-20-4-2-13(14)16(26)23-17/h2,4,6-8,11,18-19,21H,3,5,9-10H2,1H3,(H,22,23,26)/b12-7+,18-6?/t11-/m0/s1. The number of likely N-dealkylation sites (tertiary alicyclic amines) is 1. The van der Waals surface area contributed by atoms with Crippen molar-refractivity contribution < 1.29 is 14.6 Å². The first kappa shape index (κ1) is 18.5. The van der Waals surface area contributed by atoms with E-state index in [1.54, 1.807) is 18.0 Å². The number of carbonyl (C=O) groups is 1. The summed E-state index contributed by atoms with van der Waals surface area (Å²) < 4.78 is 5.48. The number of pyridine rings is 1. The summed E-state index contributed by atoms with van der Waals surface area (Å²) in [6.07, 6.45) is 6.38. The highest BCUT2D eigenvalue weighted by Gasteiger charge is 2.25. The quantitative estimate of drug-likeness (QED) is 0.395. The minimum atomic E-state index is -0.218. The van der Waals surface area contributed by atoms with Gasteiger partial charge >= 0.3 is 6.01 Å². The lowest BCUT2D eigenvalue weighted by Gasteiger charge is -2.16. The van der Waals surface area contributed by atoms with Crippen LogP contribution in [0, 0.1) is 5.41 Å². The summed E-state index contributed by atoms with van der Waals surface area (Å²) in [5.74, 6) is 0.0183. The Bertz CT molecular complexity index is 871. The molecule has 4 N–H and O–H groups in total. The monoisotopic (exact) mass is 371 g/mol. The minimum Gasteiger partial charge on any atom is -0.493 e. The van der Waals surface area contributed by atoms with Crippen molar-refractivity contribution in [2.75, 3.05) is 26.7 Å². The summed E-state index contributed by atoms with van der Waals surface area (Å²) in [7, 11) is 1.74. The number of rotatable bonds is 7. The third-order valence-corrected chi connectivity index (χ3v) is 4.14. The van der Waals surface area contributed by atoms with Crippen LogP contribution in [0.25, 0.3) is 10.9 Å². The Morgan fingerprint density at radius 2 is 2.37 bits per heavy atom. The van der Waals surface area contributed by atoms with Gasteiger partial charge in [-0.1, -0.05) is 0 Å². The second kappa shape index (κ2) is 8.41. The normalized spacial score (nSPS) is 17.1. The Kier molecular flexibility index (Phi) is 5.77. The molecule has 3 rings (SSSR count). The fourth-order valence-corrected chi connectivity index (χ4v) is 2.78. The largest absolute Gasteiger partial charge is 0.493 e. The number of aromatic hydroxyl groups is 1. The lowest BCUT2D eigenvalue weighted by molar-refractivity contribution is -0.129. The van der Waals surface area contributed by atoms with Crippen LogP contribution in [0.3, 0.4) is 0 Å². The average molecular weight is 371 g/mol. The Morgan fingerprint density at radius 1 is 1.52 bits per heavy atom. The van der Waals surface area contributed by atoms with Gasteiger partial charge in [0.1, 0.15) is 0 Å². The molecular formula is C17H21N7O3. The highest BCUT2D eigenvalue weighted by Crippen LogP contribution is 2.23. The first-order valence-electron chi connectivity index (χ1n) is 8.48. The van der Waals surface area contributed by atoms with Gasteiger partial charge in [0.15, 0.2) is 5.76 Å². The number of nitrogens with zero attached hydrogens (tertiary/aromatic N) is 4. The van der Waals surface area contributed by atoms with Gasteiger partial charge in [0.2, 0.25) is 11.8 Å². The van der Waals surface area contributed by atoms with Crippen LogP contribution in [0.2, 0.25) is 0 Å². The van der Waals surface area contributed by atoms with Crippen molar-refractivity contribution in [2.24, 2.45) is 0 Å². The van der Waals surface area contributed by atoms with Gasteiger partial charge < -0.3 is 30.8 Å². The summed E-state index contributed by atoms with van der Waals surface area (Å²) in [5, 5.41) is 23.9. The molecule has 1 saturated heterocycles. The lowest BCUT2D eigenvalue weighted by atomic mass is 10.3. The molecule has 1 amide bonds. The molecule has 27 heavy (non-hydrogen) atoms. The fourth-order valence-electron chi connectivity index (χ4n) is 2.78. The molecule has 1 atom stereocenters. The molecule has 2 aromatic heterocycles. The van der Waals surface area contributed by atoms with Crippen LogP contribution in [-0.2, 0) is 4.79 Å². The van der Waals surface area contributed by atoms with Crippen molar-refractivity contribution in [3.05, 3.63) is 30.4 Å². The number of allylic oxidation sites excluding steroid dienone is 1. The van der Waals surface area contributed by atoms with E-state index in [0.29, 0.717) is 30.5 Å².